The topological polar surface area (TPSA) is 12.0 Å². The van der Waals surface area contributed by atoms with E-state index in [4.69, 9.17) is 11.6 Å². The molecule has 1 fully saturated rings. The third-order valence-corrected chi connectivity index (χ3v) is 4.56. The molecule has 1 saturated carbocycles. The molecule has 0 aromatic heterocycles. The van der Waals surface area contributed by atoms with E-state index in [2.05, 4.69) is 61.6 Å². The van der Waals surface area contributed by atoms with E-state index in [1.807, 2.05) is 6.07 Å². The SMILES string of the molecule is CCNC(c1cc(C)cc(Cl)c1)C1CC1c1ccccc1. The minimum Gasteiger partial charge on any atom is -0.310 e. The summed E-state index contributed by atoms with van der Waals surface area (Å²) >= 11 is 6.25. The van der Waals surface area contributed by atoms with E-state index in [0.717, 1.165) is 11.6 Å². The average Bonchev–Trinajstić information content (AvgIpc) is 3.25. The summed E-state index contributed by atoms with van der Waals surface area (Å²) in [6.07, 6.45) is 1.26. The molecule has 110 valence electrons. The maximum Gasteiger partial charge on any atom is 0.0411 e. The standard InChI is InChI=1S/C19H22ClN/c1-3-21-19(15-9-13(2)10-16(20)11-15)18-12-17(18)14-7-5-4-6-8-14/h4-11,17-19,21H,3,12H2,1-2H3. The average molecular weight is 300 g/mol. The molecular formula is C19H22ClN. The van der Waals surface area contributed by atoms with Gasteiger partial charge in [-0.3, -0.25) is 0 Å². The summed E-state index contributed by atoms with van der Waals surface area (Å²) in [5, 5.41) is 4.49. The summed E-state index contributed by atoms with van der Waals surface area (Å²) in [7, 11) is 0. The Balaban J connectivity index is 1.83. The van der Waals surface area contributed by atoms with E-state index >= 15 is 0 Å². The zero-order chi connectivity index (χ0) is 14.8. The number of hydrogen-bond acceptors (Lipinski definition) is 1. The molecule has 3 rings (SSSR count). The van der Waals surface area contributed by atoms with Gasteiger partial charge in [0.05, 0.1) is 0 Å². The van der Waals surface area contributed by atoms with E-state index in [1.54, 1.807) is 0 Å². The Morgan fingerprint density at radius 1 is 1.19 bits per heavy atom. The maximum absolute atomic E-state index is 6.25. The maximum atomic E-state index is 6.25. The van der Waals surface area contributed by atoms with E-state index in [-0.39, 0.29) is 0 Å². The van der Waals surface area contributed by atoms with Crippen LogP contribution in [0.4, 0.5) is 0 Å². The Kier molecular flexibility index (Phi) is 4.32. The summed E-state index contributed by atoms with van der Waals surface area (Å²) in [5.41, 5.74) is 4.02. The molecule has 0 heterocycles. The largest absolute Gasteiger partial charge is 0.310 e. The van der Waals surface area contributed by atoms with Gasteiger partial charge in [-0.05, 0) is 60.5 Å². The van der Waals surface area contributed by atoms with Gasteiger partial charge in [-0.15, -0.1) is 0 Å². The van der Waals surface area contributed by atoms with Crippen LogP contribution in [0.15, 0.2) is 48.5 Å². The van der Waals surface area contributed by atoms with Crippen molar-refractivity contribution in [2.75, 3.05) is 6.54 Å². The van der Waals surface area contributed by atoms with Crippen LogP contribution in [0.3, 0.4) is 0 Å². The number of nitrogens with one attached hydrogen (secondary N) is 1. The summed E-state index contributed by atoms with van der Waals surface area (Å²) < 4.78 is 0. The molecule has 0 aliphatic heterocycles. The second-order valence-corrected chi connectivity index (χ2v) is 6.45. The first kappa shape index (κ1) is 14.6. The number of halogens is 1. The Hall–Kier alpha value is -1.31. The smallest absolute Gasteiger partial charge is 0.0411 e. The Labute approximate surface area is 132 Å². The molecule has 3 atom stereocenters. The first-order chi connectivity index (χ1) is 10.2. The summed E-state index contributed by atoms with van der Waals surface area (Å²) in [4.78, 5) is 0. The van der Waals surface area contributed by atoms with Crippen LogP contribution in [0.25, 0.3) is 0 Å². The first-order valence-electron chi connectivity index (χ1n) is 7.74. The lowest BCUT2D eigenvalue weighted by Crippen LogP contribution is -2.23. The van der Waals surface area contributed by atoms with Gasteiger partial charge in [-0.25, -0.2) is 0 Å². The minimum atomic E-state index is 0.401. The number of benzene rings is 2. The van der Waals surface area contributed by atoms with E-state index in [0.29, 0.717) is 17.9 Å². The van der Waals surface area contributed by atoms with Crippen LogP contribution >= 0.6 is 11.6 Å². The summed E-state index contributed by atoms with van der Waals surface area (Å²) in [6, 6.07) is 17.7. The Morgan fingerprint density at radius 3 is 2.62 bits per heavy atom. The van der Waals surface area contributed by atoms with Crippen molar-refractivity contribution >= 4 is 11.6 Å². The van der Waals surface area contributed by atoms with Crippen LogP contribution in [0.2, 0.25) is 5.02 Å². The lowest BCUT2D eigenvalue weighted by atomic mass is 9.97. The summed E-state index contributed by atoms with van der Waals surface area (Å²) in [5.74, 6) is 1.35. The molecule has 0 amide bonds. The second kappa shape index (κ2) is 6.21. The van der Waals surface area contributed by atoms with E-state index in [1.165, 1.54) is 23.1 Å². The van der Waals surface area contributed by atoms with Crippen LogP contribution in [0, 0.1) is 12.8 Å². The van der Waals surface area contributed by atoms with Crippen molar-refractivity contribution in [3.8, 4) is 0 Å². The van der Waals surface area contributed by atoms with Crippen molar-refractivity contribution in [2.45, 2.75) is 32.2 Å². The van der Waals surface area contributed by atoms with Crippen LogP contribution in [-0.2, 0) is 0 Å². The van der Waals surface area contributed by atoms with Gasteiger partial charge in [-0.1, -0.05) is 54.9 Å². The van der Waals surface area contributed by atoms with Crippen LogP contribution in [0.1, 0.15) is 42.0 Å². The monoisotopic (exact) mass is 299 g/mol. The normalized spacial score (nSPS) is 22.0. The molecule has 0 saturated heterocycles. The van der Waals surface area contributed by atoms with Gasteiger partial charge in [0.2, 0.25) is 0 Å². The Morgan fingerprint density at radius 2 is 1.95 bits per heavy atom. The van der Waals surface area contributed by atoms with Crippen molar-refractivity contribution < 1.29 is 0 Å². The fourth-order valence-corrected chi connectivity index (χ4v) is 3.65. The zero-order valence-electron chi connectivity index (χ0n) is 12.6. The van der Waals surface area contributed by atoms with Crippen molar-refractivity contribution in [1.82, 2.24) is 5.32 Å². The molecule has 1 nitrogen and oxygen atoms in total. The molecule has 2 aromatic carbocycles. The van der Waals surface area contributed by atoms with Gasteiger partial charge in [0.1, 0.15) is 0 Å². The highest BCUT2D eigenvalue weighted by Crippen LogP contribution is 2.54. The van der Waals surface area contributed by atoms with Crippen molar-refractivity contribution in [3.05, 3.63) is 70.2 Å². The zero-order valence-corrected chi connectivity index (χ0v) is 13.4. The van der Waals surface area contributed by atoms with Crippen molar-refractivity contribution in [1.29, 1.82) is 0 Å². The van der Waals surface area contributed by atoms with Crippen LogP contribution < -0.4 is 5.32 Å². The van der Waals surface area contributed by atoms with Crippen molar-refractivity contribution in [3.63, 3.8) is 0 Å². The third kappa shape index (κ3) is 3.30. The fraction of sp³-hybridized carbons (Fsp3) is 0.368. The molecule has 1 N–H and O–H groups in total. The second-order valence-electron chi connectivity index (χ2n) is 6.01. The molecular weight excluding hydrogens is 278 g/mol. The van der Waals surface area contributed by atoms with Crippen molar-refractivity contribution in [2.24, 2.45) is 5.92 Å². The predicted molar refractivity (Wildman–Crippen MR) is 89.9 cm³/mol. The third-order valence-electron chi connectivity index (χ3n) is 4.34. The van der Waals surface area contributed by atoms with Crippen LogP contribution in [0.5, 0.6) is 0 Å². The highest BCUT2D eigenvalue weighted by Gasteiger charge is 2.44. The van der Waals surface area contributed by atoms with Gasteiger partial charge in [0, 0.05) is 11.1 Å². The van der Waals surface area contributed by atoms with Gasteiger partial charge in [0.15, 0.2) is 0 Å². The molecule has 0 spiro atoms. The molecule has 1 aliphatic carbocycles. The summed E-state index contributed by atoms with van der Waals surface area (Å²) in [6.45, 7) is 5.26. The molecule has 0 radical (unpaired) electrons. The fourth-order valence-electron chi connectivity index (χ4n) is 3.35. The molecule has 21 heavy (non-hydrogen) atoms. The van der Waals surface area contributed by atoms with Gasteiger partial charge < -0.3 is 5.32 Å². The lowest BCUT2D eigenvalue weighted by molar-refractivity contribution is 0.487. The number of aryl methyl sites for hydroxylation is 1. The molecule has 0 bridgehead atoms. The number of hydrogen-bond donors (Lipinski definition) is 1. The quantitative estimate of drug-likeness (QED) is 0.809. The predicted octanol–water partition coefficient (Wildman–Crippen LogP) is 5.10. The molecule has 2 heteroatoms. The molecule has 3 unspecified atom stereocenters. The molecule has 2 aromatic rings. The molecule has 1 aliphatic rings. The minimum absolute atomic E-state index is 0.401. The Bertz CT molecular complexity index is 588. The first-order valence-corrected chi connectivity index (χ1v) is 8.12. The van der Waals surface area contributed by atoms with Gasteiger partial charge >= 0.3 is 0 Å². The van der Waals surface area contributed by atoms with E-state index < -0.39 is 0 Å². The van der Waals surface area contributed by atoms with E-state index in [9.17, 15) is 0 Å². The van der Waals surface area contributed by atoms with Gasteiger partial charge in [0.25, 0.3) is 0 Å². The number of rotatable bonds is 5. The highest BCUT2D eigenvalue weighted by atomic mass is 35.5. The highest BCUT2D eigenvalue weighted by molar-refractivity contribution is 6.30. The van der Waals surface area contributed by atoms with Gasteiger partial charge in [-0.2, -0.15) is 0 Å². The van der Waals surface area contributed by atoms with Crippen LogP contribution in [-0.4, -0.2) is 6.54 Å². The lowest BCUT2D eigenvalue weighted by Gasteiger charge is -2.20.